The molecule has 1 fully saturated rings. The van der Waals surface area contributed by atoms with Crippen LogP contribution in [0.1, 0.15) is 23.2 Å². The predicted molar refractivity (Wildman–Crippen MR) is 83.9 cm³/mol. The second kappa shape index (κ2) is 6.76. The maximum atomic E-state index is 12.1. The molecule has 0 unspecified atom stereocenters. The lowest BCUT2D eigenvalue weighted by Gasteiger charge is -2.09. The molecule has 22 heavy (non-hydrogen) atoms. The first kappa shape index (κ1) is 16.9. The van der Waals surface area contributed by atoms with Crippen molar-refractivity contribution < 1.29 is 18.0 Å². The van der Waals surface area contributed by atoms with Crippen molar-refractivity contribution in [1.82, 2.24) is 15.4 Å². The van der Waals surface area contributed by atoms with Gasteiger partial charge in [-0.2, -0.15) is 0 Å². The summed E-state index contributed by atoms with van der Waals surface area (Å²) in [7, 11) is -2.35. The van der Waals surface area contributed by atoms with E-state index in [-0.39, 0.29) is 29.0 Å². The molecule has 3 N–H and O–H groups in total. The highest BCUT2D eigenvalue weighted by Crippen LogP contribution is 2.21. The molecule has 0 aliphatic heterocycles. The maximum Gasteiger partial charge on any atom is 0.252 e. The molecule has 2 rings (SSSR count). The molecular weight excluding hydrogens is 374 g/mol. The van der Waals surface area contributed by atoms with Gasteiger partial charge in [0.05, 0.1) is 17.0 Å². The van der Waals surface area contributed by atoms with Gasteiger partial charge in [-0.3, -0.25) is 9.59 Å². The van der Waals surface area contributed by atoms with Crippen LogP contribution in [0.5, 0.6) is 0 Å². The average Bonchev–Trinajstić information content (AvgIpc) is 3.29. The Morgan fingerprint density at radius 1 is 1.32 bits per heavy atom. The average molecular weight is 390 g/mol. The molecule has 0 radical (unpaired) electrons. The normalized spacial score (nSPS) is 14.5. The molecule has 0 bridgehead atoms. The third kappa shape index (κ3) is 4.28. The Labute approximate surface area is 137 Å². The number of hydrogen-bond donors (Lipinski definition) is 3. The molecule has 2 amide bonds. The first-order valence-corrected chi connectivity index (χ1v) is 8.92. The van der Waals surface area contributed by atoms with Crippen LogP contribution in [-0.4, -0.2) is 39.9 Å². The van der Waals surface area contributed by atoms with Gasteiger partial charge in [0, 0.05) is 10.5 Å². The van der Waals surface area contributed by atoms with E-state index in [2.05, 4.69) is 31.3 Å². The highest BCUT2D eigenvalue weighted by atomic mass is 79.9. The molecular formula is C13H16BrN3O4S. The van der Waals surface area contributed by atoms with E-state index in [1.165, 1.54) is 25.2 Å². The van der Waals surface area contributed by atoms with E-state index in [1.807, 2.05) is 0 Å². The van der Waals surface area contributed by atoms with Gasteiger partial charge in [0.25, 0.3) is 5.91 Å². The second-order valence-corrected chi connectivity index (χ2v) is 7.61. The molecule has 0 spiro atoms. The van der Waals surface area contributed by atoms with Crippen LogP contribution in [0.3, 0.4) is 0 Å². The molecule has 0 aromatic heterocycles. The topological polar surface area (TPSA) is 104 Å². The van der Waals surface area contributed by atoms with Crippen LogP contribution < -0.4 is 15.4 Å². The Morgan fingerprint density at radius 2 is 2.00 bits per heavy atom. The number of carbonyl (C=O) groups excluding carboxylic acids is 2. The van der Waals surface area contributed by atoms with E-state index in [9.17, 15) is 18.0 Å². The number of rotatable bonds is 6. The fourth-order valence-electron chi connectivity index (χ4n) is 1.73. The van der Waals surface area contributed by atoms with Crippen LogP contribution in [0.4, 0.5) is 0 Å². The molecule has 0 saturated heterocycles. The minimum absolute atomic E-state index is 0.0224. The minimum Gasteiger partial charge on any atom is -0.352 e. The molecule has 0 atom stereocenters. The first-order valence-electron chi connectivity index (χ1n) is 6.64. The van der Waals surface area contributed by atoms with Gasteiger partial charge < -0.3 is 10.6 Å². The molecule has 1 aromatic rings. The highest BCUT2D eigenvalue weighted by molar-refractivity contribution is 9.10. The van der Waals surface area contributed by atoms with Gasteiger partial charge in [-0.15, -0.1) is 0 Å². The van der Waals surface area contributed by atoms with Gasteiger partial charge in [0.1, 0.15) is 0 Å². The van der Waals surface area contributed by atoms with Crippen molar-refractivity contribution in [2.75, 3.05) is 13.6 Å². The fraction of sp³-hybridized carbons (Fsp3) is 0.385. The standard InChI is InChI=1S/C13H16BrN3O4S/c1-15-22(20,21)9-4-5-11(14)10(6-9)13(19)16-7-12(18)17-8-2-3-8/h4-6,8,15H,2-3,7H2,1H3,(H,16,19)(H,17,18). The first-order chi connectivity index (χ1) is 10.3. The number of sulfonamides is 1. The quantitative estimate of drug-likeness (QED) is 0.653. The summed E-state index contributed by atoms with van der Waals surface area (Å²) < 4.78 is 26.1. The van der Waals surface area contributed by atoms with Crippen molar-refractivity contribution in [3.8, 4) is 0 Å². The summed E-state index contributed by atoms with van der Waals surface area (Å²) in [5.41, 5.74) is 0.149. The summed E-state index contributed by atoms with van der Waals surface area (Å²) in [5.74, 6) is -0.781. The Morgan fingerprint density at radius 3 is 2.59 bits per heavy atom. The highest BCUT2D eigenvalue weighted by Gasteiger charge is 2.23. The molecule has 1 aliphatic carbocycles. The number of nitrogens with one attached hydrogen (secondary N) is 3. The zero-order chi connectivity index (χ0) is 16.3. The lowest BCUT2D eigenvalue weighted by atomic mass is 10.2. The summed E-state index contributed by atoms with van der Waals surface area (Å²) in [4.78, 5) is 23.6. The summed E-state index contributed by atoms with van der Waals surface area (Å²) in [6.45, 7) is -0.148. The minimum atomic E-state index is -3.64. The smallest absolute Gasteiger partial charge is 0.252 e. The van der Waals surface area contributed by atoms with E-state index in [0.29, 0.717) is 4.47 Å². The van der Waals surface area contributed by atoms with E-state index < -0.39 is 15.9 Å². The molecule has 0 heterocycles. The van der Waals surface area contributed by atoms with Crippen LogP contribution in [0.25, 0.3) is 0 Å². The van der Waals surface area contributed by atoms with Crippen molar-refractivity contribution >= 4 is 37.8 Å². The Kier molecular flexibility index (Phi) is 5.20. The zero-order valence-electron chi connectivity index (χ0n) is 11.8. The number of carbonyl (C=O) groups is 2. The number of halogens is 1. The van der Waals surface area contributed by atoms with Crippen LogP contribution in [0, 0.1) is 0 Å². The summed E-state index contributed by atoms with van der Waals surface area (Å²) in [6, 6.07) is 4.33. The molecule has 1 saturated carbocycles. The summed E-state index contributed by atoms with van der Waals surface area (Å²) in [6.07, 6.45) is 1.93. The van der Waals surface area contributed by atoms with Crippen molar-refractivity contribution in [2.24, 2.45) is 0 Å². The number of benzene rings is 1. The van der Waals surface area contributed by atoms with E-state index in [4.69, 9.17) is 0 Å². The Bertz CT molecular complexity index is 701. The summed E-state index contributed by atoms with van der Waals surface area (Å²) >= 11 is 3.20. The molecule has 120 valence electrons. The van der Waals surface area contributed by atoms with Crippen molar-refractivity contribution in [3.05, 3.63) is 28.2 Å². The third-order valence-corrected chi connectivity index (χ3v) is 5.22. The second-order valence-electron chi connectivity index (χ2n) is 4.87. The van der Waals surface area contributed by atoms with Gasteiger partial charge in [-0.1, -0.05) is 0 Å². The Balaban J connectivity index is 2.07. The predicted octanol–water partition coefficient (Wildman–Crippen LogP) is 0.366. The van der Waals surface area contributed by atoms with E-state index in [1.54, 1.807) is 0 Å². The number of amides is 2. The third-order valence-electron chi connectivity index (χ3n) is 3.11. The van der Waals surface area contributed by atoms with Crippen LogP contribution in [-0.2, 0) is 14.8 Å². The van der Waals surface area contributed by atoms with Crippen LogP contribution >= 0.6 is 15.9 Å². The molecule has 1 aliphatic rings. The molecule has 7 nitrogen and oxygen atoms in total. The van der Waals surface area contributed by atoms with Crippen molar-refractivity contribution in [3.63, 3.8) is 0 Å². The van der Waals surface area contributed by atoms with Crippen molar-refractivity contribution in [2.45, 2.75) is 23.8 Å². The van der Waals surface area contributed by atoms with Crippen LogP contribution in [0.2, 0.25) is 0 Å². The van der Waals surface area contributed by atoms with Gasteiger partial charge in [-0.05, 0) is 54.0 Å². The van der Waals surface area contributed by atoms with Gasteiger partial charge >= 0.3 is 0 Å². The zero-order valence-corrected chi connectivity index (χ0v) is 14.3. The van der Waals surface area contributed by atoms with Gasteiger partial charge in [0.2, 0.25) is 15.9 Å². The Hall–Kier alpha value is -1.45. The van der Waals surface area contributed by atoms with E-state index in [0.717, 1.165) is 12.8 Å². The van der Waals surface area contributed by atoms with E-state index >= 15 is 0 Å². The maximum absolute atomic E-state index is 12.1. The monoisotopic (exact) mass is 389 g/mol. The molecule has 1 aromatic carbocycles. The lowest BCUT2D eigenvalue weighted by Crippen LogP contribution is -2.38. The fourth-order valence-corrected chi connectivity index (χ4v) is 2.91. The SMILES string of the molecule is CNS(=O)(=O)c1ccc(Br)c(C(=O)NCC(=O)NC2CC2)c1. The van der Waals surface area contributed by atoms with Crippen LogP contribution in [0.15, 0.2) is 27.6 Å². The lowest BCUT2D eigenvalue weighted by molar-refractivity contribution is -0.120. The number of hydrogen-bond acceptors (Lipinski definition) is 4. The van der Waals surface area contributed by atoms with Gasteiger partial charge in [0.15, 0.2) is 0 Å². The van der Waals surface area contributed by atoms with Gasteiger partial charge in [-0.25, -0.2) is 13.1 Å². The summed E-state index contributed by atoms with van der Waals surface area (Å²) in [5, 5.41) is 5.22. The van der Waals surface area contributed by atoms with Crippen molar-refractivity contribution in [1.29, 1.82) is 0 Å². The largest absolute Gasteiger partial charge is 0.352 e. The molecule has 9 heteroatoms.